The summed E-state index contributed by atoms with van der Waals surface area (Å²) in [6.07, 6.45) is 8.84. The molecular formula is C26H25N5O4. The fourth-order valence-corrected chi connectivity index (χ4v) is 3.33. The van der Waals surface area contributed by atoms with E-state index >= 15 is 0 Å². The number of hydrogen-bond acceptors (Lipinski definition) is 6. The molecule has 4 rings (SSSR count). The van der Waals surface area contributed by atoms with E-state index in [4.69, 9.17) is 9.47 Å². The Labute approximate surface area is 202 Å². The third kappa shape index (κ3) is 6.67. The van der Waals surface area contributed by atoms with Gasteiger partial charge in [-0.2, -0.15) is 0 Å². The Bertz CT molecular complexity index is 1280. The van der Waals surface area contributed by atoms with Crippen molar-refractivity contribution >= 4 is 23.2 Å². The van der Waals surface area contributed by atoms with Crippen LogP contribution in [0.1, 0.15) is 22.3 Å². The van der Waals surface area contributed by atoms with Gasteiger partial charge in [-0.1, -0.05) is 12.1 Å². The van der Waals surface area contributed by atoms with Gasteiger partial charge in [0.2, 0.25) is 5.91 Å². The minimum absolute atomic E-state index is 0.151. The number of methoxy groups -OCH3 is 1. The molecule has 0 aliphatic rings. The summed E-state index contributed by atoms with van der Waals surface area (Å²) in [4.78, 5) is 33.2. The highest BCUT2D eigenvalue weighted by Crippen LogP contribution is 2.31. The molecule has 2 heterocycles. The summed E-state index contributed by atoms with van der Waals surface area (Å²) in [6.45, 7) is 0.832. The highest BCUT2D eigenvalue weighted by Gasteiger charge is 2.12. The molecule has 0 spiro atoms. The highest BCUT2D eigenvalue weighted by molar-refractivity contribution is 6.05. The normalized spacial score (nSPS) is 10.4. The first-order valence-corrected chi connectivity index (χ1v) is 11.0. The second kappa shape index (κ2) is 11.5. The van der Waals surface area contributed by atoms with Gasteiger partial charge >= 0.3 is 0 Å². The molecule has 178 valence electrons. The van der Waals surface area contributed by atoms with E-state index in [1.54, 1.807) is 80.7 Å². The van der Waals surface area contributed by atoms with Crippen LogP contribution in [0.2, 0.25) is 0 Å². The van der Waals surface area contributed by atoms with Gasteiger partial charge in [0.05, 0.1) is 13.4 Å². The van der Waals surface area contributed by atoms with Crippen LogP contribution < -0.4 is 20.1 Å². The van der Waals surface area contributed by atoms with Gasteiger partial charge in [-0.25, -0.2) is 4.98 Å². The van der Waals surface area contributed by atoms with E-state index in [0.717, 1.165) is 5.56 Å². The van der Waals surface area contributed by atoms with Crippen molar-refractivity contribution in [2.24, 2.45) is 0 Å². The molecule has 2 N–H and O–H groups in total. The van der Waals surface area contributed by atoms with Gasteiger partial charge < -0.3 is 24.7 Å². The third-order valence-corrected chi connectivity index (χ3v) is 5.10. The van der Waals surface area contributed by atoms with Crippen LogP contribution in [0.25, 0.3) is 0 Å². The molecule has 0 bridgehead atoms. The van der Waals surface area contributed by atoms with E-state index in [0.29, 0.717) is 48.0 Å². The zero-order chi connectivity index (χ0) is 24.5. The van der Waals surface area contributed by atoms with Crippen molar-refractivity contribution in [3.8, 4) is 11.5 Å². The zero-order valence-electron chi connectivity index (χ0n) is 19.2. The van der Waals surface area contributed by atoms with E-state index in [9.17, 15) is 9.59 Å². The number of anilines is 2. The maximum atomic E-state index is 12.9. The van der Waals surface area contributed by atoms with Gasteiger partial charge in [0.15, 0.2) is 11.5 Å². The lowest BCUT2D eigenvalue weighted by atomic mass is 10.1. The Morgan fingerprint density at radius 1 is 0.943 bits per heavy atom. The van der Waals surface area contributed by atoms with Crippen molar-refractivity contribution in [1.82, 2.24) is 14.5 Å². The number of benzene rings is 2. The zero-order valence-corrected chi connectivity index (χ0v) is 19.2. The average molecular weight is 472 g/mol. The molecule has 9 heteroatoms. The number of aryl methyl sites for hydroxylation is 1. The van der Waals surface area contributed by atoms with Crippen LogP contribution in [-0.2, 0) is 17.9 Å². The van der Waals surface area contributed by atoms with E-state index in [1.165, 1.54) is 0 Å². The molecule has 2 aromatic carbocycles. The molecular weight excluding hydrogens is 446 g/mol. The predicted molar refractivity (Wildman–Crippen MR) is 131 cm³/mol. The Hall–Kier alpha value is -4.66. The molecule has 0 fully saturated rings. The standard InChI is InChI=1S/C26H25N5O4/c1-34-23-8-7-22(15-24(23)35-17-19-4-3-10-27-16-19)30-26(33)20-5-2-6-21(14-20)29-25(32)9-12-31-13-11-28-18-31/h2-8,10-11,13-16,18H,9,12,17H2,1H3,(H,29,32)(H,30,33). The van der Waals surface area contributed by atoms with Gasteiger partial charge in [-0.05, 0) is 36.4 Å². The molecule has 4 aromatic rings. The summed E-state index contributed by atoms with van der Waals surface area (Å²) in [5.41, 5.74) is 2.41. The van der Waals surface area contributed by atoms with Gasteiger partial charge in [-0.3, -0.25) is 14.6 Å². The number of nitrogens with one attached hydrogen (secondary N) is 2. The summed E-state index contributed by atoms with van der Waals surface area (Å²) in [5.74, 6) is 0.574. The van der Waals surface area contributed by atoms with Crippen LogP contribution >= 0.6 is 0 Å². The lowest BCUT2D eigenvalue weighted by Gasteiger charge is -2.13. The number of hydrogen-bond donors (Lipinski definition) is 2. The molecule has 0 aliphatic carbocycles. The summed E-state index contributed by atoms with van der Waals surface area (Å²) in [7, 11) is 1.56. The highest BCUT2D eigenvalue weighted by atomic mass is 16.5. The van der Waals surface area contributed by atoms with Crippen LogP contribution in [-0.4, -0.2) is 33.5 Å². The summed E-state index contributed by atoms with van der Waals surface area (Å²) >= 11 is 0. The monoisotopic (exact) mass is 471 g/mol. The molecule has 0 aliphatic heterocycles. The Balaban J connectivity index is 1.38. The Morgan fingerprint density at radius 3 is 2.60 bits per heavy atom. The van der Waals surface area contributed by atoms with Crippen LogP contribution in [0, 0.1) is 0 Å². The number of nitrogens with zero attached hydrogens (tertiary/aromatic N) is 3. The summed E-state index contributed by atoms with van der Waals surface area (Å²) in [6, 6.07) is 15.7. The Morgan fingerprint density at radius 2 is 1.83 bits per heavy atom. The molecule has 2 aromatic heterocycles. The number of carbonyl (C=O) groups excluding carboxylic acids is 2. The maximum absolute atomic E-state index is 12.9. The number of carbonyl (C=O) groups is 2. The van der Waals surface area contributed by atoms with E-state index in [-0.39, 0.29) is 11.8 Å². The third-order valence-electron chi connectivity index (χ3n) is 5.10. The number of imidazole rings is 1. The maximum Gasteiger partial charge on any atom is 0.255 e. The molecule has 35 heavy (non-hydrogen) atoms. The van der Waals surface area contributed by atoms with Crippen LogP contribution in [0.15, 0.2) is 85.7 Å². The largest absolute Gasteiger partial charge is 0.493 e. The number of pyridine rings is 1. The second-order valence-corrected chi connectivity index (χ2v) is 7.65. The quantitative estimate of drug-likeness (QED) is 0.360. The van der Waals surface area contributed by atoms with E-state index in [2.05, 4.69) is 20.6 Å². The van der Waals surface area contributed by atoms with Crippen LogP contribution in [0.4, 0.5) is 11.4 Å². The first kappa shape index (κ1) is 23.5. The molecule has 0 saturated heterocycles. The molecule has 0 atom stereocenters. The van der Waals surface area contributed by atoms with Gasteiger partial charge in [-0.15, -0.1) is 0 Å². The van der Waals surface area contributed by atoms with Crippen molar-refractivity contribution in [3.63, 3.8) is 0 Å². The number of rotatable bonds is 10. The average Bonchev–Trinajstić information content (AvgIpc) is 3.41. The van der Waals surface area contributed by atoms with Crippen molar-refractivity contribution in [2.75, 3.05) is 17.7 Å². The summed E-state index contributed by atoms with van der Waals surface area (Å²) < 4.78 is 13.1. The van der Waals surface area contributed by atoms with Crippen molar-refractivity contribution < 1.29 is 19.1 Å². The molecule has 9 nitrogen and oxygen atoms in total. The molecule has 0 unspecified atom stereocenters. The van der Waals surface area contributed by atoms with Crippen molar-refractivity contribution in [2.45, 2.75) is 19.6 Å². The fourth-order valence-electron chi connectivity index (χ4n) is 3.33. The number of ether oxygens (including phenoxy) is 2. The minimum Gasteiger partial charge on any atom is -0.493 e. The molecule has 0 saturated carbocycles. The van der Waals surface area contributed by atoms with Crippen molar-refractivity contribution in [1.29, 1.82) is 0 Å². The first-order chi connectivity index (χ1) is 17.1. The van der Waals surface area contributed by atoms with Crippen molar-refractivity contribution in [3.05, 3.63) is 96.8 Å². The fraction of sp³-hybridized carbons (Fsp3) is 0.154. The topological polar surface area (TPSA) is 107 Å². The van der Waals surface area contributed by atoms with E-state index in [1.807, 2.05) is 16.7 Å². The lowest BCUT2D eigenvalue weighted by molar-refractivity contribution is -0.116. The lowest BCUT2D eigenvalue weighted by Crippen LogP contribution is -2.16. The summed E-state index contributed by atoms with van der Waals surface area (Å²) in [5, 5.41) is 5.69. The minimum atomic E-state index is -0.317. The second-order valence-electron chi connectivity index (χ2n) is 7.65. The van der Waals surface area contributed by atoms with Crippen LogP contribution in [0.5, 0.6) is 11.5 Å². The van der Waals surface area contributed by atoms with E-state index < -0.39 is 0 Å². The molecule has 0 radical (unpaired) electrons. The number of amides is 2. The van der Waals surface area contributed by atoms with Gasteiger partial charge in [0.25, 0.3) is 5.91 Å². The van der Waals surface area contributed by atoms with Crippen LogP contribution in [0.3, 0.4) is 0 Å². The SMILES string of the molecule is COc1ccc(NC(=O)c2cccc(NC(=O)CCn3ccnc3)c2)cc1OCc1cccnc1. The molecule has 2 amide bonds. The first-order valence-electron chi connectivity index (χ1n) is 11.0. The predicted octanol–water partition coefficient (Wildman–Crippen LogP) is 4.15. The van der Waals surface area contributed by atoms with Gasteiger partial charge in [0, 0.05) is 66.3 Å². The smallest absolute Gasteiger partial charge is 0.255 e. The van der Waals surface area contributed by atoms with Gasteiger partial charge in [0.1, 0.15) is 6.61 Å². The number of aromatic nitrogens is 3. The Kier molecular flexibility index (Phi) is 7.70.